The first kappa shape index (κ1) is 15.8. The molecule has 0 radical (unpaired) electrons. The fourth-order valence-corrected chi connectivity index (χ4v) is 2.19. The molecule has 1 atom stereocenters. The Bertz CT molecular complexity index is 402. The van der Waals surface area contributed by atoms with E-state index in [0.717, 1.165) is 17.9 Å². The topological polar surface area (TPSA) is 30.5 Å². The molecular formula is C16H27NO2. The Balaban J connectivity index is 2.66. The predicted octanol–water partition coefficient (Wildman–Crippen LogP) is 4.01. The van der Waals surface area contributed by atoms with E-state index in [9.17, 15) is 0 Å². The number of hydrogen-bond donors (Lipinski definition) is 1. The minimum Gasteiger partial charge on any atom is -0.494 e. The van der Waals surface area contributed by atoms with Gasteiger partial charge in [0.2, 0.25) is 0 Å². The van der Waals surface area contributed by atoms with Crippen LogP contribution in [0.5, 0.6) is 5.75 Å². The van der Waals surface area contributed by atoms with Crippen molar-refractivity contribution in [1.29, 1.82) is 0 Å². The lowest BCUT2D eigenvalue weighted by Crippen LogP contribution is -2.31. The maximum Gasteiger partial charge on any atom is 0.119 e. The fourth-order valence-electron chi connectivity index (χ4n) is 2.19. The largest absolute Gasteiger partial charge is 0.494 e. The molecule has 0 aliphatic carbocycles. The van der Waals surface area contributed by atoms with Gasteiger partial charge in [-0.25, -0.2) is 0 Å². The molecule has 0 heterocycles. The van der Waals surface area contributed by atoms with Gasteiger partial charge in [-0.1, -0.05) is 0 Å². The van der Waals surface area contributed by atoms with Crippen LogP contribution >= 0.6 is 0 Å². The van der Waals surface area contributed by atoms with Crippen LogP contribution in [0.1, 0.15) is 39.7 Å². The van der Waals surface area contributed by atoms with Crippen LogP contribution in [-0.4, -0.2) is 25.4 Å². The smallest absolute Gasteiger partial charge is 0.119 e. The van der Waals surface area contributed by atoms with Crippen molar-refractivity contribution in [3.8, 4) is 5.75 Å². The van der Waals surface area contributed by atoms with E-state index >= 15 is 0 Å². The van der Waals surface area contributed by atoms with Gasteiger partial charge in [-0.05, 0) is 64.8 Å². The van der Waals surface area contributed by atoms with Gasteiger partial charge < -0.3 is 14.8 Å². The summed E-state index contributed by atoms with van der Waals surface area (Å²) in [5.74, 6) is 0.926. The number of aryl methyl sites for hydroxylation is 1. The second kappa shape index (κ2) is 6.80. The van der Waals surface area contributed by atoms with Crippen molar-refractivity contribution in [3.05, 3.63) is 23.8 Å². The summed E-state index contributed by atoms with van der Waals surface area (Å²) >= 11 is 0. The van der Waals surface area contributed by atoms with Crippen LogP contribution in [0.25, 0.3) is 0 Å². The van der Waals surface area contributed by atoms with Crippen molar-refractivity contribution < 1.29 is 9.47 Å². The molecule has 0 aliphatic rings. The van der Waals surface area contributed by atoms with Gasteiger partial charge in [0.25, 0.3) is 0 Å². The van der Waals surface area contributed by atoms with E-state index in [1.54, 1.807) is 7.11 Å². The Kier molecular flexibility index (Phi) is 5.67. The zero-order valence-electron chi connectivity index (χ0n) is 13.0. The maximum atomic E-state index is 5.50. The minimum atomic E-state index is -0.106. The Morgan fingerprint density at radius 3 is 2.53 bits per heavy atom. The highest BCUT2D eigenvalue weighted by molar-refractivity contribution is 5.54. The Morgan fingerprint density at radius 2 is 2.00 bits per heavy atom. The quantitative estimate of drug-likeness (QED) is 0.808. The summed E-state index contributed by atoms with van der Waals surface area (Å²) in [7, 11) is 1.76. The van der Waals surface area contributed by atoms with Gasteiger partial charge in [0.1, 0.15) is 5.75 Å². The second-order valence-corrected chi connectivity index (χ2v) is 5.62. The summed E-state index contributed by atoms with van der Waals surface area (Å²) in [6.45, 7) is 11.2. The average Bonchev–Trinajstić information content (AvgIpc) is 2.32. The molecule has 3 heteroatoms. The van der Waals surface area contributed by atoms with Crippen LogP contribution in [0.15, 0.2) is 18.2 Å². The van der Waals surface area contributed by atoms with Crippen LogP contribution in [0, 0.1) is 6.92 Å². The standard InChI is InChI=1S/C16H27NO2/c1-7-19-14-8-9-15(12(2)10-14)17-13(3)11-16(4,5)18-6/h8-10,13,17H,7,11H2,1-6H3. The van der Waals surface area contributed by atoms with Crippen LogP contribution < -0.4 is 10.1 Å². The highest BCUT2D eigenvalue weighted by atomic mass is 16.5. The number of hydrogen-bond acceptors (Lipinski definition) is 3. The van der Waals surface area contributed by atoms with Gasteiger partial charge in [-0.2, -0.15) is 0 Å². The minimum absolute atomic E-state index is 0.106. The van der Waals surface area contributed by atoms with Crippen molar-refractivity contribution in [1.82, 2.24) is 0 Å². The van der Waals surface area contributed by atoms with E-state index in [0.29, 0.717) is 12.6 Å². The van der Waals surface area contributed by atoms with E-state index in [4.69, 9.17) is 9.47 Å². The van der Waals surface area contributed by atoms with E-state index in [1.165, 1.54) is 5.56 Å². The molecule has 0 saturated carbocycles. The lowest BCUT2D eigenvalue weighted by Gasteiger charge is -2.28. The number of anilines is 1. The molecule has 1 N–H and O–H groups in total. The third-order valence-corrected chi connectivity index (χ3v) is 3.26. The predicted molar refractivity (Wildman–Crippen MR) is 81.1 cm³/mol. The number of rotatable bonds is 7. The lowest BCUT2D eigenvalue weighted by molar-refractivity contribution is 0.0128. The van der Waals surface area contributed by atoms with Crippen molar-refractivity contribution >= 4 is 5.69 Å². The second-order valence-electron chi connectivity index (χ2n) is 5.62. The SMILES string of the molecule is CCOc1ccc(NC(C)CC(C)(C)OC)c(C)c1. The zero-order valence-corrected chi connectivity index (χ0v) is 13.0. The summed E-state index contributed by atoms with van der Waals surface area (Å²) < 4.78 is 11.0. The summed E-state index contributed by atoms with van der Waals surface area (Å²) in [5.41, 5.74) is 2.25. The monoisotopic (exact) mass is 265 g/mol. The molecule has 108 valence electrons. The molecule has 0 fully saturated rings. The van der Waals surface area contributed by atoms with Crippen LogP contribution in [0.4, 0.5) is 5.69 Å². The molecule has 0 spiro atoms. The fraction of sp³-hybridized carbons (Fsp3) is 0.625. The number of methoxy groups -OCH3 is 1. The molecule has 0 bridgehead atoms. The van der Waals surface area contributed by atoms with Crippen LogP contribution in [0.2, 0.25) is 0 Å². The van der Waals surface area contributed by atoms with Gasteiger partial charge in [-0.3, -0.25) is 0 Å². The molecule has 1 unspecified atom stereocenters. The maximum absolute atomic E-state index is 5.50. The highest BCUT2D eigenvalue weighted by Crippen LogP contribution is 2.24. The molecule has 3 nitrogen and oxygen atoms in total. The first-order chi connectivity index (χ1) is 8.88. The molecule has 0 aliphatic heterocycles. The summed E-state index contributed by atoms with van der Waals surface area (Å²) in [6, 6.07) is 6.51. The highest BCUT2D eigenvalue weighted by Gasteiger charge is 2.20. The first-order valence-electron chi connectivity index (χ1n) is 6.93. The third-order valence-electron chi connectivity index (χ3n) is 3.26. The normalized spacial score (nSPS) is 13.2. The van der Waals surface area contributed by atoms with Gasteiger partial charge in [0.05, 0.1) is 12.2 Å². The van der Waals surface area contributed by atoms with Crippen molar-refractivity contribution in [3.63, 3.8) is 0 Å². The van der Waals surface area contributed by atoms with E-state index in [2.05, 4.69) is 45.1 Å². The lowest BCUT2D eigenvalue weighted by atomic mass is 9.99. The zero-order chi connectivity index (χ0) is 14.5. The summed E-state index contributed by atoms with van der Waals surface area (Å²) in [4.78, 5) is 0. The van der Waals surface area contributed by atoms with Crippen molar-refractivity contribution in [2.75, 3.05) is 19.0 Å². The third kappa shape index (κ3) is 5.11. The van der Waals surface area contributed by atoms with Crippen LogP contribution in [0.3, 0.4) is 0 Å². The van der Waals surface area contributed by atoms with Crippen molar-refractivity contribution in [2.45, 2.75) is 52.7 Å². The molecule has 0 saturated heterocycles. The van der Waals surface area contributed by atoms with Gasteiger partial charge in [-0.15, -0.1) is 0 Å². The number of benzene rings is 1. The van der Waals surface area contributed by atoms with E-state index < -0.39 is 0 Å². The summed E-state index contributed by atoms with van der Waals surface area (Å²) in [5, 5.41) is 3.53. The Morgan fingerprint density at radius 1 is 1.32 bits per heavy atom. The molecule has 1 rings (SSSR count). The average molecular weight is 265 g/mol. The number of nitrogens with one attached hydrogen (secondary N) is 1. The molecule has 0 aromatic heterocycles. The van der Waals surface area contributed by atoms with E-state index in [1.807, 2.05) is 13.0 Å². The molecule has 1 aromatic rings. The van der Waals surface area contributed by atoms with Crippen molar-refractivity contribution in [2.24, 2.45) is 0 Å². The Labute approximate surface area is 117 Å². The molecular weight excluding hydrogens is 238 g/mol. The summed E-state index contributed by atoms with van der Waals surface area (Å²) in [6.07, 6.45) is 0.955. The molecule has 0 amide bonds. The number of ether oxygens (including phenoxy) is 2. The van der Waals surface area contributed by atoms with Gasteiger partial charge in [0.15, 0.2) is 0 Å². The van der Waals surface area contributed by atoms with Gasteiger partial charge in [0, 0.05) is 18.8 Å². The first-order valence-corrected chi connectivity index (χ1v) is 6.93. The van der Waals surface area contributed by atoms with E-state index in [-0.39, 0.29) is 5.60 Å². The molecule has 19 heavy (non-hydrogen) atoms. The molecule has 1 aromatic carbocycles. The van der Waals surface area contributed by atoms with Crippen LogP contribution in [-0.2, 0) is 4.74 Å². The Hall–Kier alpha value is -1.22. The van der Waals surface area contributed by atoms with Gasteiger partial charge >= 0.3 is 0 Å².